The standard InChI is InChI=1S/C27H22N2/c1-18(2)26-27(29-25-13-6-5-12-24(25)28-26)23-11-7-10-21(17-23)22-15-14-19-8-3-4-9-20(19)16-22/h3-18H,1-2H3. The van der Waals surface area contributed by atoms with Gasteiger partial charge in [-0.1, -0.05) is 80.6 Å². The zero-order valence-electron chi connectivity index (χ0n) is 16.6. The summed E-state index contributed by atoms with van der Waals surface area (Å²) >= 11 is 0. The van der Waals surface area contributed by atoms with Gasteiger partial charge in [-0.05, 0) is 52.1 Å². The van der Waals surface area contributed by atoms with Gasteiger partial charge in [0.1, 0.15) is 0 Å². The smallest absolute Gasteiger partial charge is 0.0928 e. The van der Waals surface area contributed by atoms with E-state index in [9.17, 15) is 0 Å². The molecule has 0 unspecified atom stereocenters. The van der Waals surface area contributed by atoms with Gasteiger partial charge in [0.15, 0.2) is 0 Å². The summed E-state index contributed by atoms with van der Waals surface area (Å²) in [6, 6.07) is 31.8. The van der Waals surface area contributed by atoms with E-state index in [-0.39, 0.29) is 0 Å². The third kappa shape index (κ3) is 3.27. The largest absolute Gasteiger partial charge is 0.249 e. The van der Waals surface area contributed by atoms with Crippen molar-refractivity contribution < 1.29 is 0 Å². The van der Waals surface area contributed by atoms with Crippen molar-refractivity contribution >= 4 is 21.8 Å². The molecule has 0 saturated carbocycles. The molecule has 0 aliphatic carbocycles. The Labute approximate surface area is 170 Å². The highest BCUT2D eigenvalue weighted by molar-refractivity contribution is 5.88. The van der Waals surface area contributed by atoms with E-state index < -0.39 is 0 Å². The molecule has 0 saturated heterocycles. The van der Waals surface area contributed by atoms with Crippen molar-refractivity contribution in [1.29, 1.82) is 0 Å². The lowest BCUT2D eigenvalue weighted by Crippen LogP contribution is -2.01. The maximum Gasteiger partial charge on any atom is 0.0928 e. The minimum Gasteiger partial charge on any atom is -0.249 e. The Kier molecular flexibility index (Phi) is 4.33. The molecule has 5 rings (SSSR count). The molecule has 0 aliphatic rings. The molecule has 2 nitrogen and oxygen atoms in total. The number of hydrogen-bond acceptors (Lipinski definition) is 2. The van der Waals surface area contributed by atoms with Gasteiger partial charge < -0.3 is 0 Å². The van der Waals surface area contributed by atoms with Gasteiger partial charge in [0.05, 0.1) is 22.4 Å². The van der Waals surface area contributed by atoms with Gasteiger partial charge in [0.25, 0.3) is 0 Å². The Morgan fingerprint density at radius 1 is 0.552 bits per heavy atom. The van der Waals surface area contributed by atoms with Crippen LogP contribution in [0, 0.1) is 0 Å². The fourth-order valence-corrected chi connectivity index (χ4v) is 3.84. The van der Waals surface area contributed by atoms with Crippen LogP contribution < -0.4 is 0 Å². The molecule has 0 spiro atoms. The summed E-state index contributed by atoms with van der Waals surface area (Å²) in [5, 5.41) is 2.51. The summed E-state index contributed by atoms with van der Waals surface area (Å²) in [6.45, 7) is 4.35. The summed E-state index contributed by atoms with van der Waals surface area (Å²) in [7, 11) is 0. The van der Waals surface area contributed by atoms with Crippen molar-refractivity contribution in [2.75, 3.05) is 0 Å². The van der Waals surface area contributed by atoms with Crippen molar-refractivity contribution in [3.63, 3.8) is 0 Å². The van der Waals surface area contributed by atoms with E-state index in [1.165, 1.54) is 21.9 Å². The molecule has 0 fully saturated rings. The van der Waals surface area contributed by atoms with Gasteiger partial charge in [-0.2, -0.15) is 0 Å². The first-order valence-corrected chi connectivity index (χ1v) is 10.1. The highest BCUT2D eigenvalue weighted by Crippen LogP contribution is 2.32. The van der Waals surface area contributed by atoms with E-state index in [4.69, 9.17) is 9.97 Å². The zero-order valence-corrected chi connectivity index (χ0v) is 16.6. The van der Waals surface area contributed by atoms with Crippen LogP contribution >= 0.6 is 0 Å². The van der Waals surface area contributed by atoms with E-state index in [1.54, 1.807) is 0 Å². The summed E-state index contributed by atoms with van der Waals surface area (Å²) < 4.78 is 0. The quantitative estimate of drug-likeness (QED) is 0.332. The lowest BCUT2D eigenvalue weighted by Gasteiger charge is -2.14. The van der Waals surface area contributed by atoms with E-state index in [1.807, 2.05) is 24.3 Å². The third-order valence-electron chi connectivity index (χ3n) is 5.36. The van der Waals surface area contributed by atoms with Gasteiger partial charge in [-0.3, -0.25) is 0 Å². The van der Waals surface area contributed by atoms with Crippen LogP contribution in [0.15, 0.2) is 91.0 Å². The molecule has 4 aromatic carbocycles. The highest BCUT2D eigenvalue weighted by atomic mass is 14.8. The Hall–Kier alpha value is -3.52. The van der Waals surface area contributed by atoms with Crippen LogP contribution in [0.4, 0.5) is 0 Å². The number of para-hydroxylation sites is 2. The molecule has 0 amide bonds. The Morgan fingerprint density at radius 2 is 1.21 bits per heavy atom. The monoisotopic (exact) mass is 374 g/mol. The molecule has 0 N–H and O–H groups in total. The molecule has 0 atom stereocenters. The van der Waals surface area contributed by atoms with Crippen LogP contribution in [-0.4, -0.2) is 9.97 Å². The zero-order chi connectivity index (χ0) is 19.8. The second-order valence-electron chi connectivity index (χ2n) is 7.74. The van der Waals surface area contributed by atoms with Crippen LogP contribution in [0.1, 0.15) is 25.5 Å². The average Bonchev–Trinajstić information content (AvgIpc) is 2.78. The minimum absolute atomic E-state index is 0.298. The number of nitrogens with zero attached hydrogens (tertiary/aromatic N) is 2. The number of rotatable bonds is 3. The normalized spacial score (nSPS) is 11.4. The number of fused-ring (bicyclic) bond motifs is 2. The van der Waals surface area contributed by atoms with E-state index in [2.05, 4.69) is 80.6 Å². The average molecular weight is 374 g/mol. The van der Waals surface area contributed by atoms with Crippen molar-refractivity contribution in [3.8, 4) is 22.4 Å². The molecule has 5 aromatic rings. The first-order valence-electron chi connectivity index (χ1n) is 10.1. The lowest BCUT2D eigenvalue weighted by molar-refractivity contribution is 0.825. The summed E-state index contributed by atoms with van der Waals surface area (Å²) in [4.78, 5) is 9.92. The highest BCUT2D eigenvalue weighted by Gasteiger charge is 2.14. The topological polar surface area (TPSA) is 25.8 Å². The Bertz CT molecular complexity index is 1340. The molecule has 2 heteroatoms. The maximum atomic E-state index is 4.99. The fourth-order valence-electron chi connectivity index (χ4n) is 3.84. The predicted octanol–water partition coefficient (Wildman–Crippen LogP) is 7.24. The van der Waals surface area contributed by atoms with Crippen molar-refractivity contribution in [1.82, 2.24) is 9.97 Å². The second-order valence-corrected chi connectivity index (χ2v) is 7.74. The molecule has 0 bridgehead atoms. The van der Waals surface area contributed by atoms with Crippen LogP contribution in [0.5, 0.6) is 0 Å². The van der Waals surface area contributed by atoms with E-state index in [0.29, 0.717) is 5.92 Å². The number of hydrogen-bond donors (Lipinski definition) is 0. The van der Waals surface area contributed by atoms with Crippen LogP contribution in [0.3, 0.4) is 0 Å². The van der Waals surface area contributed by atoms with Crippen LogP contribution in [0.2, 0.25) is 0 Å². The van der Waals surface area contributed by atoms with Crippen molar-refractivity contribution in [3.05, 3.63) is 96.7 Å². The molecule has 140 valence electrons. The molecular formula is C27H22N2. The number of aromatic nitrogens is 2. The summed E-state index contributed by atoms with van der Waals surface area (Å²) in [5.74, 6) is 0.298. The Morgan fingerprint density at radius 3 is 2.00 bits per heavy atom. The predicted molar refractivity (Wildman–Crippen MR) is 122 cm³/mol. The fraction of sp³-hybridized carbons (Fsp3) is 0.111. The van der Waals surface area contributed by atoms with Gasteiger partial charge in [0.2, 0.25) is 0 Å². The Balaban J connectivity index is 1.66. The maximum absolute atomic E-state index is 4.99. The van der Waals surface area contributed by atoms with Crippen LogP contribution in [-0.2, 0) is 0 Å². The van der Waals surface area contributed by atoms with E-state index >= 15 is 0 Å². The molecule has 0 aliphatic heterocycles. The first-order chi connectivity index (χ1) is 14.2. The minimum atomic E-state index is 0.298. The third-order valence-corrected chi connectivity index (χ3v) is 5.36. The molecule has 1 heterocycles. The van der Waals surface area contributed by atoms with Gasteiger partial charge in [0, 0.05) is 5.56 Å². The van der Waals surface area contributed by atoms with Crippen molar-refractivity contribution in [2.24, 2.45) is 0 Å². The SMILES string of the molecule is CC(C)c1nc2ccccc2nc1-c1cccc(-c2ccc3ccccc3c2)c1. The van der Waals surface area contributed by atoms with Gasteiger partial charge in [-0.15, -0.1) is 0 Å². The number of benzene rings is 4. The van der Waals surface area contributed by atoms with E-state index in [0.717, 1.165) is 28.0 Å². The second kappa shape index (κ2) is 7.14. The lowest BCUT2D eigenvalue weighted by atomic mass is 9.96. The molecule has 0 radical (unpaired) electrons. The molecule has 29 heavy (non-hydrogen) atoms. The van der Waals surface area contributed by atoms with Crippen LogP contribution in [0.25, 0.3) is 44.2 Å². The summed E-state index contributed by atoms with van der Waals surface area (Å²) in [5.41, 5.74) is 7.41. The molecular weight excluding hydrogens is 352 g/mol. The van der Waals surface area contributed by atoms with Gasteiger partial charge in [-0.25, -0.2) is 9.97 Å². The first kappa shape index (κ1) is 17.6. The van der Waals surface area contributed by atoms with Gasteiger partial charge >= 0.3 is 0 Å². The molecule has 1 aromatic heterocycles. The summed E-state index contributed by atoms with van der Waals surface area (Å²) in [6.07, 6.45) is 0. The van der Waals surface area contributed by atoms with Crippen molar-refractivity contribution in [2.45, 2.75) is 19.8 Å².